The highest BCUT2D eigenvalue weighted by Crippen LogP contribution is 2.63. The van der Waals surface area contributed by atoms with Gasteiger partial charge in [0.25, 0.3) is 0 Å². The van der Waals surface area contributed by atoms with Crippen LogP contribution in [0, 0.1) is 0 Å². The van der Waals surface area contributed by atoms with Crippen LogP contribution in [-0.4, -0.2) is 4.98 Å². The van der Waals surface area contributed by atoms with E-state index < -0.39 is 5.41 Å². The maximum atomic E-state index is 5.41. The van der Waals surface area contributed by atoms with Gasteiger partial charge in [0.2, 0.25) is 0 Å². The van der Waals surface area contributed by atoms with Gasteiger partial charge in [-0.1, -0.05) is 157 Å². The summed E-state index contributed by atoms with van der Waals surface area (Å²) in [6, 6.07) is 64.5. The zero-order valence-electron chi connectivity index (χ0n) is 27.5. The van der Waals surface area contributed by atoms with Gasteiger partial charge in [-0.2, -0.15) is 0 Å². The summed E-state index contributed by atoms with van der Waals surface area (Å²) in [5.41, 5.74) is 14.3. The second-order valence-corrected chi connectivity index (χ2v) is 15.5. The summed E-state index contributed by atoms with van der Waals surface area (Å²) in [6.07, 6.45) is 0. The van der Waals surface area contributed by atoms with Gasteiger partial charge in [0, 0.05) is 41.1 Å². The molecule has 0 radical (unpaired) electrons. The van der Waals surface area contributed by atoms with E-state index in [2.05, 4.69) is 176 Å². The lowest BCUT2D eigenvalue weighted by molar-refractivity contribution is 0.726. The Labute approximate surface area is 304 Å². The molecule has 7 aromatic carbocycles. The van der Waals surface area contributed by atoms with Gasteiger partial charge in [-0.15, -0.1) is 11.3 Å². The van der Waals surface area contributed by atoms with Crippen molar-refractivity contribution in [3.8, 4) is 44.8 Å². The maximum absolute atomic E-state index is 5.41. The minimum Gasteiger partial charge on any atom is -0.248 e. The minimum atomic E-state index is -0.409. The van der Waals surface area contributed by atoms with Crippen molar-refractivity contribution in [3.63, 3.8) is 0 Å². The second-order valence-electron chi connectivity index (χ2n) is 13.4. The first kappa shape index (κ1) is 29.0. The molecule has 0 bridgehead atoms. The van der Waals surface area contributed by atoms with Crippen molar-refractivity contribution >= 4 is 43.3 Å². The van der Waals surface area contributed by atoms with Crippen molar-refractivity contribution in [1.29, 1.82) is 0 Å². The van der Waals surface area contributed by atoms with Crippen LogP contribution in [0.15, 0.2) is 186 Å². The highest BCUT2D eigenvalue weighted by Gasteiger charge is 2.50. The Morgan fingerprint density at radius 3 is 1.73 bits per heavy atom. The summed E-state index contributed by atoms with van der Waals surface area (Å²) in [4.78, 5) is 8.07. The molecule has 1 spiro atoms. The Balaban J connectivity index is 1.24. The van der Waals surface area contributed by atoms with E-state index in [1.54, 1.807) is 0 Å². The van der Waals surface area contributed by atoms with E-state index in [9.17, 15) is 0 Å². The summed E-state index contributed by atoms with van der Waals surface area (Å²) in [6.45, 7) is 0. The Hall–Kier alpha value is -5.74. The molecule has 51 heavy (non-hydrogen) atoms. The number of fused-ring (bicyclic) bond motifs is 13. The number of hydrogen-bond acceptors (Lipinski definition) is 3. The smallest absolute Gasteiger partial charge is 0.0735 e. The van der Waals surface area contributed by atoms with Crippen molar-refractivity contribution in [1.82, 2.24) is 4.98 Å². The van der Waals surface area contributed by atoms with E-state index >= 15 is 0 Å². The van der Waals surface area contributed by atoms with Crippen LogP contribution in [0.4, 0.5) is 0 Å². The first-order valence-electron chi connectivity index (χ1n) is 17.4. The molecule has 0 saturated heterocycles. The van der Waals surface area contributed by atoms with Crippen LogP contribution < -0.4 is 0 Å². The van der Waals surface area contributed by atoms with Crippen molar-refractivity contribution in [2.45, 2.75) is 15.2 Å². The average Bonchev–Trinajstić information content (AvgIpc) is 3.73. The third kappa shape index (κ3) is 4.14. The first-order valence-corrected chi connectivity index (χ1v) is 19.0. The van der Waals surface area contributed by atoms with Crippen molar-refractivity contribution in [2.75, 3.05) is 0 Å². The molecular weight excluding hydrogens is 655 g/mol. The molecule has 238 valence electrons. The van der Waals surface area contributed by atoms with Crippen LogP contribution in [0.25, 0.3) is 64.9 Å². The first-order chi connectivity index (χ1) is 25.3. The lowest BCUT2D eigenvalue weighted by Gasteiger charge is -2.40. The molecule has 0 N–H and O–H groups in total. The number of nitrogens with zero attached hydrogens (tertiary/aromatic N) is 1. The molecule has 2 aliphatic rings. The van der Waals surface area contributed by atoms with E-state index in [0.29, 0.717) is 0 Å². The fourth-order valence-corrected chi connectivity index (χ4v) is 11.2. The maximum Gasteiger partial charge on any atom is 0.0735 e. The normalized spacial score (nSPS) is 13.6. The van der Waals surface area contributed by atoms with Gasteiger partial charge >= 0.3 is 0 Å². The number of pyridine rings is 1. The molecule has 1 aliphatic carbocycles. The van der Waals surface area contributed by atoms with Gasteiger partial charge in [0.05, 0.1) is 16.8 Å². The van der Waals surface area contributed by atoms with Gasteiger partial charge in [-0.3, -0.25) is 0 Å². The summed E-state index contributed by atoms with van der Waals surface area (Å²) >= 11 is 3.82. The summed E-state index contributed by atoms with van der Waals surface area (Å²) in [5, 5.41) is 2.62. The fourth-order valence-electron chi connectivity index (χ4n) is 8.65. The number of aromatic nitrogens is 1. The third-order valence-corrected chi connectivity index (χ3v) is 13.1. The molecule has 0 unspecified atom stereocenters. The van der Waals surface area contributed by atoms with E-state index in [4.69, 9.17) is 4.98 Å². The van der Waals surface area contributed by atoms with Gasteiger partial charge in [-0.25, -0.2) is 4.98 Å². The molecule has 1 aliphatic heterocycles. The van der Waals surface area contributed by atoms with Crippen LogP contribution >= 0.6 is 23.1 Å². The number of thiophene rings is 1. The van der Waals surface area contributed by atoms with Crippen LogP contribution in [0.1, 0.15) is 22.3 Å². The Morgan fingerprint density at radius 2 is 0.980 bits per heavy atom. The molecular formula is C48H29NS2. The summed E-state index contributed by atoms with van der Waals surface area (Å²) in [5.74, 6) is 0. The van der Waals surface area contributed by atoms with E-state index in [-0.39, 0.29) is 0 Å². The van der Waals surface area contributed by atoms with E-state index in [1.807, 2.05) is 23.1 Å². The molecule has 3 heteroatoms. The molecule has 9 aromatic rings. The Bertz CT molecular complexity index is 2730. The zero-order chi connectivity index (χ0) is 33.5. The van der Waals surface area contributed by atoms with Gasteiger partial charge in [0.1, 0.15) is 0 Å². The minimum absolute atomic E-state index is 0.409. The topological polar surface area (TPSA) is 12.9 Å². The molecule has 0 atom stereocenters. The zero-order valence-corrected chi connectivity index (χ0v) is 29.1. The Kier molecular flexibility index (Phi) is 6.34. The predicted molar refractivity (Wildman–Crippen MR) is 215 cm³/mol. The lowest BCUT2D eigenvalue weighted by Crippen LogP contribution is -2.31. The van der Waals surface area contributed by atoms with Gasteiger partial charge < -0.3 is 0 Å². The second kappa shape index (κ2) is 11.1. The van der Waals surface area contributed by atoms with E-state index in [0.717, 1.165) is 17.0 Å². The average molecular weight is 684 g/mol. The molecule has 1 nitrogen and oxygen atoms in total. The van der Waals surface area contributed by atoms with Crippen molar-refractivity contribution in [2.24, 2.45) is 0 Å². The van der Waals surface area contributed by atoms with Crippen LogP contribution in [0.2, 0.25) is 0 Å². The summed E-state index contributed by atoms with van der Waals surface area (Å²) < 4.78 is 2.59. The number of rotatable bonds is 3. The largest absolute Gasteiger partial charge is 0.248 e. The highest BCUT2D eigenvalue weighted by atomic mass is 32.2. The quantitative estimate of drug-likeness (QED) is 0.184. The van der Waals surface area contributed by atoms with Crippen LogP contribution in [-0.2, 0) is 5.41 Å². The fraction of sp³-hybridized carbons (Fsp3) is 0.0208. The third-order valence-electron chi connectivity index (χ3n) is 10.8. The van der Waals surface area contributed by atoms with Gasteiger partial charge in [-0.05, 0) is 74.8 Å². The number of benzene rings is 7. The highest BCUT2D eigenvalue weighted by molar-refractivity contribution is 7.99. The summed E-state index contributed by atoms with van der Waals surface area (Å²) in [7, 11) is 0. The van der Waals surface area contributed by atoms with E-state index in [1.165, 1.54) is 80.0 Å². The molecule has 0 fully saturated rings. The number of hydrogen-bond donors (Lipinski definition) is 0. The molecule has 11 rings (SSSR count). The SMILES string of the molecule is c1ccc(-c2cc(-c3ccccc3)nc(-c3cccc4sc5ccc6c(c5c34)Sc3ccccc3C63c4ccccc4-c4ccccc43)c2)cc1. The van der Waals surface area contributed by atoms with Crippen LogP contribution in [0.5, 0.6) is 0 Å². The monoisotopic (exact) mass is 683 g/mol. The molecule has 0 saturated carbocycles. The lowest BCUT2D eigenvalue weighted by atomic mass is 9.67. The van der Waals surface area contributed by atoms with Crippen molar-refractivity contribution in [3.05, 3.63) is 198 Å². The molecule has 0 amide bonds. The van der Waals surface area contributed by atoms with Crippen LogP contribution in [0.3, 0.4) is 0 Å². The van der Waals surface area contributed by atoms with Crippen molar-refractivity contribution < 1.29 is 0 Å². The Morgan fingerprint density at radius 1 is 0.392 bits per heavy atom. The predicted octanol–water partition coefficient (Wildman–Crippen LogP) is 13.3. The molecule has 2 aromatic heterocycles. The molecule has 3 heterocycles. The standard InChI is InChI=1S/C48H29NS2/c1-3-14-30(15-4-1)32-28-40(31-16-5-2-6-17-31)49-41(29-32)35-20-13-25-43-45(35)46-44(50-43)27-26-39-47(46)51-42-24-12-11-23-38(42)48(39)36-21-9-7-18-33(36)34-19-8-10-22-37(34)48/h1-29H. The van der Waals surface area contributed by atoms with Gasteiger partial charge in [0.15, 0.2) is 0 Å².